The first-order valence-electron chi connectivity index (χ1n) is 5.69. The number of hydrogen-bond donors (Lipinski definition) is 1. The number of benzene rings is 1. The molecule has 1 aromatic carbocycles. The van der Waals surface area contributed by atoms with Crippen molar-refractivity contribution in [2.24, 2.45) is 5.73 Å². The van der Waals surface area contributed by atoms with Gasteiger partial charge in [-0.15, -0.1) is 0 Å². The van der Waals surface area contributed by atoms with Gasteiger partial charge in [0.2, 0.25) is 0 Å². The highest BCUT2D eigenvalue weighted by molar-refractivity contribution is 9.10. The average Bonchev–Trinajstić information content (AvgIpc) is 2.35. The van der Waals surface area contributed by atoms with Crippen molar-refractivity contribution in [2.45, 2.75) is 19.4 Å². The van der Waals surface area contributed by atoms with E-state index in [4.69, 9.17) is 5.73 Å². The summed E-state index contributed by atoms with van der Waals surface area (Å²) in [6.45, 7) is 1.98. The molecule has 0 bridgehead atoms. The maximum absolute atomic E-state index is 13.7. The van der Waals surface area contributed by atoms with Gasteiger partial charge in [-0.05, 0) is 36.8 Å². The Kier molecular flexibility index (Phi) is 4.09. The van der Waals surface area contributed by atoms with E-state index in [0.717, 1.165) is 15.7 Å². The SMILES string of the molecule is Cc1cccnc1CC(N)c1cc(Br)ccc1F. The van der Waals surface area contributed by atoms with E-state index in [1.54, 1.807) is 18.3 Å². The fraction of sp³-hybridized carbons (Fsp3) is 0.214. The summed E-state index contributed by atoms with van der Waals surface area (Å²) in [4.78, 5) is 4.28. The Hall–Kier alpha value is -1.26. The summed E-state index contributed by atoms with van der Waals surface area (Å²) >= 11 is 3.33. The van der Waals surface area contributed by atoms with Crippen molar-refractivity contribution in [1.29, 1.82) is 0 Å². The summed E-state index contributed by atoms with van der Waals surface area (Å²) in [5, 5.41) is 0. The molecule has 18 heavy (non-hydrogen) atoms. The van der Waals surface area contributed by atoms with Gasteiger partial charge in [0.05, 0.1) is 0 Å². The number of pyridine rings is 1. The Labute approximate surface area is 114 Å². The highest BCUT2D eigenvalue weighted by Gasteiger charge is 2.14. The molecule has 0 aliphatic rings. The molecule has 94 valence electrons. The average molecular weight is 309 g/mol. The fourth-order valence-corrected chi connectivity index (χ4v) is 2.23. The lowest BCUT2D eigenvalue weighted by Crippen LogP contribution is -2.16. The molecule has 2 N–H and O–H groups in total. The summed E-state index contributed by atoms with van der Waals surface area (Å²) in [5.74, 6) is -0.278. The van der Waals surface area contributed by atoms with Crippen molar-refractivity contribution >= 4 is 15.9 Å². The van der Waals surface area contributed by atoms with Crippen LogP contribution in [0.15, 0.2) is 41.0 Å². The third-order valence-electron chi connectivity index (χ3n) is 2.89. The van der Waals surface area contributed by atoms with Crippen molar-refractivity contribution in [3.63, 3.8) is 0 Å². The van der Waals surface area contributed by atoms with Crippen molar-refractivity contribution in [1.82, 2.24) is 4.98 Å². The van der Waals surface area contributed by atoms with Crippen LogP contribution in [-0.4, -0.2) is 4.98 Å². The van der Waals surface area contributed by atoms with E-state index in [1.165, 1.54) is 6.07 Å². The molecule has 0 radical (unpaired) electrons. The van der Waals surface area contributed by atoms with Gasteiger partial charge >= 0.3 is 0 Å². The maximum Gasteiger partial charge on any atom is 0.128 e. The standard InChI is InChI=1S/C14H14BrFN2/c1-9-3-2-6-18-14(9)8-13(17)11-7-10(15)4-5-12(11)16/h2-7,13H,8,17H2,1H3. The summed E-state index contributed by atoms with van der Waals surface area (Å²) in [6, 6.07) is 8.27. The first-order chi connectivity index (χ1) is 8.58. The lowest BCUT2D eigenvalue weighted by atomic mass is 10.0. The summed E-state index contributed by atoms with van der Waals surface area (Å²) in [7, 11) is 0. The second-order valence-corrected chi connectivity index (χ2v) is 5.16. The topological polar surface area (TPSA) is 38.9 Å². The van der Waals surface area contributed by atoms with Gasteiger partial charge in [-0.3, -0.25) is 4.98 Å². The Bertz CT molecular complexity index is 557. The minimum atomic E-state index is -0.393. The fourth-order valence-electron chi connectivity index (χ4n) is 1.85. The Balaban J connectivity index is 2.25. The molecule has 0 saturated heterocycles. The van der Waals surface area contributed by atoms with Gasteiger partial charge in [0.15, 0.2) is 0 Å². The number of hydrogen-bond acceptors (Lipinski definition) is 2. The van der Waals surface area contributed by atoms with E-state index in [1.807, 2.05) is 19.1 Å². The summed E-state index contributed by atoms with van der Waals surface area (Å²) < 4.78 is 14.5. The largest absolute Gasteiger partial charge is 0.324 e. The first-order valence-corrected chi connectivity index (χ1v) is 6.48. The molecular weight excluding hydrogens is 295 g/mol. The molecule has 1 unspecified atom stereocenters. The molecular formula is C14H14BrFN2. The van der Waals surface area contributed by atoms with Gasteiger partial charge in [-0.25, -0.2) is 4.39 Å². The normalized spacial score (nSPS) is 12.4. The third-order valence-corrected chi connectivity index (χ3v) is 3.38. The molecule has 2 nitrogen and oxygen atoms in total. The number of nitrogens with zero attached hydrogens (tertiary/aromatic N) is 1. The van der Waals surface area contributed by atoms with Crippen LogP contribution in [0.5, 0.6) is 0 Å². The monoisotopic (exact) mass is 308 g/mol. The molecule has 1 heterocycles. The second kappa shape index (κ2) is 5.59. The summed E-state index contributed by atoms with van der Waals surface area (Å²) in [5.41, 5.74) is 8.55. The zero-order chi connectivity index (χ0) is 13.1. The van der Waals surface area contributed by atoms with Gasteiger partial charge in [0, 0.05) is 34.4 Å². The highest BCUT2D eigenvalue weighted by atomic mass is 79.9. The van der Waals surface area contributed by atoms with E-state index in [9.17, 15) is 4.39 Å². The quantitative estimate of drug-likeness (QED) is 0.942. The van der Waals surface area contributed by atoms with Crippen molar-refractivity contribution in [3.8, 4) is 0 Å². The van der Waals surface area contributed by atoms with Gasteiger partial charge in [-0.1, -0.05) is 22.0 Å². The molecule has 0 aliphatic heterocycles. The molecule has 4 heteroatoms. The Morgan fingerprint density at radius 2 is 2.17 bits per heavy atom. The Morgan fingerprint density at radius 1 is 1.39 bits per heavy atom. The molecule has 1 atom stereocenters. The van der Waals surface area contributed by atoms with Crippen LogP contribution in [-0.2, 0) is 6.42 Å². The zero-order valence-corrected chi connectivity index (χ0v) is 11.6. The van der Waals surface area contributed by atoms with Crippen LogP contribution in [0.4, 0.5) is 4.39 Å². The second-order valence-electron chi connectivity index (χ2n) is 4.24. The van der Waals surface area contributed by atoms with Crippen LogP contribution in [0.1, 0.15) is 22.9 Å². The van der Waals surface area contributed by atoms with Crippen LogP contribution >= 0.6 is 15.9 Å². The smallest absolute Gasteiger partial charge is 0.128 e. The van der Waals surface area contributed by atoms with Crippen molar-refractivity contribution in [3.05, 3.63) is 63.6 Å². The predicted octanol–water partition coefficient (Wildman–Crippen LogP) is 3.53. The zero-order valence-electron chi connectivity index (χ0n) is 10.0. The summed E-state index contributed by atoms with van der Waals surface area (Å²) in [6.07, 6.45) is 2.26. The van der Waals surface area contributed by atoms with E-state index in [-0.39, 0.29) is 5.82 Å². The van der Waals surface area contributed by atoms with Crippen LogP contribution in [0.3, 0.4) is 0 Å². The molecule has 0 saturated carbocycles. The van der Waals surface area contributed by atoms with Crippen LogP contribution in [0, 0.1) is 12.7 Å². The highest BCUT2D eigenvalue weighted by Crippen LogP contribution is 2.23. The van der Waals surface area contributed by atoms with E-state index in [0.29, 0.717) is 12.0 Å². The molecule has 2 rings (SSSR count). The number of rotatable bonds is 3. The van der Waals surface area contributed by atoms with E-state index in [2.05, 4.69) is 20.9 Å². The van der Waals surface area contributed by atoms with Crippen LogP contribution < -0.4 is 5.73 Å². The van der Waals surface area contributed by atoms with Crippen LogP contribution in [0.2, 0.25) is 0 Å². The van der Waals surface area contributed by atoms with Gasteiger partial charge < -0.3 is 5.73 Å². The van der Waals surface area contributed by atoms with Gasteiger partial charge in [0.1, 0.15) is 5.82 Å². The first kappa shape index (κ1) is 13.2. The number of halogens is 2. The van der Waals surface area contributed by atoms with Crippen molar-refractivity contribution < 1.29 is 4.39 Å². The predicted molar refractivity (Wildman–Crippen MR) is 73.7 cm³/mol. The van der Waals surface area contributed by atoms with E-state index >= 15 is 0 Å². The lowest BCUT2D eigenvalue weighted by Gasteiger charge is -2.14. The minimum Gasteiger partial charge on any atom is -0.324 e. The minimum absolute atomic E-state index is 0.278. The third kappa shape index (κ3) is 2.94. The van der Waals surface area contributed by atoms with E-state index < -0.39 is 6.04 Å². The molecule has 2 aromatic rings. The molecule has 0 aliphatic carbocycles. The maximum atomic E-state index is 13.7. The molecule has 0 spiro atoms. The number of aromatic nitrogens is 1. The number of aryl methyl sites for hydroxylation is 1. The van der Waals surface area contributed by atoms with Gasteiger partial charge in [-0.2, -0.15) is 0 Å². The van der Waals surface area contributed by atoms with Gasteiger partial charge in [0.25, 0.3) is 0 Å². The molecule has 1 aromatic heterocycles. The van der Waals surface area contributed by atoms with Crippen LogP contribution in [0.25, 0.3) is 0 Å². The lowest BCUT2D eigenvalue weighted by molar-refractivity contribution is 0.577. The molecule has 0 fully saturated rings. The molecule has 0 amide bonds. The Morgan fingerprint density at radius 3 is 2.89 bits per heavy atom. The van der Waals surface area contributed by atoms with Crippen molar-refractivity contribution in [2.75, 3.05) is 0 Å². The number of nitrogens with two attached hydrogens (primary N) is 1.